The molecule has 0 fully saturated rings. The Morgan fingerprint density at radius 2 is 0.661 bits per heavy atom. The minimum Gasteiger partial charge on any atom is -0.402 e. The summed E-state index contributed by atoms with van der Waals surface area (Å²) in [6, 6.07) is 31.4. The summed E-state index contributed by atoms with van der Waals surface area (Å²) in [5.74, 6) is 0. The van der Waals surface area contributed by atoms with Gasteiger partial charge in [0.2, 0.25) is 0 Å². The van der Waals surface area contributed by atoms with E-state index < -0.39 is 7.32 Å². The van der Waals surface area contributed by atoms with Gasteiger partial charge >= 0.3 is 7.32 Å². The topological polar surface area (TPSA) is 49.7 Å². The van der Waals surface area contributed by atoms with Crippen LogP contribution >= 0.6 is 0 Å². The average Bonchev–Trinajstić information content (AvgIpc) is 3.27. The highest BCUT2D eigenvalue weighted by Crippen LogP contribution is 2.43. The van der Waals surface area contributed by atoms with Crippen molar-refractivity contribution in [2.45, 2.75) is 200 Å². The molecule has 0 unspecified atom stereocenters. The number of nitrogens with zero attached hydrogens (tertiary/aromatic N) is 1. The monoisotopic (exact) mass is 813 g/mol. The van der Waals surface area contributed by atoms with Gasteiger partial charge in [-0.05, 0) is 80.9 Å². The molecule has 4 nitrogen and oxygen atoms in total. The first kappa shape index (κ1) is 52.7. The average molecular weight is 813 g/mol. The second-order valence-corrected chi connectivity index (χ2v) is 17.6. The molecule has 0 bridgehead atoms. The van der Waals surface area contributed by atoms with E-state index in [9.17, 15) is 0 Å². The van der Waals surface area contributed by atoms with E-state index in [1.807, 2.05) is 18.2 Å². The van der Waals surface area contributed by atoms with E-state index in [0.29, 0.717) is 6.42 Å². The van der Waals surface area contributed by atoms with Crippen molar-refractivity contribution in [3.05, 3.63) is 108 Å². The maximum absolute atomic E-state index is 8.97. The van der Waals surface area contributed by atoms with Gasteiger partial charge in [-0.15, -0.1) is 0 Å². The molecule has 0 saturated carbocycles. The Labute approximate surface area is 365 Å². The number of quaternary nitrogens is 1. The van der Waals surface area contributed by atoms with Gasteiger partial charge in [0.15, 0.2) is 0 Å². The quantitative estimate of drug-likeness (QED) is 0.0266. The lowest BCUT2D eigenvalue weighted by Crippen LogP contribution is -2.50. The number of benzene rings is 3. The Morgan fingerprint density at radius 3 is 0.932 bits per heavy atom. The van der Waals surface area contributed by atoms with Gasteiger partial charge in [0.25, 0.3) is 0 Å². The van der Waals surface area contributed by atoms with Gasteiger partial charge in [-0.25, -0.2) is 0 Å². The van der Waals surface area contributed by atoms with E-state index in [4.69, 9.17) is 14.7 Å². The third-order valence-electron chi connectivity index (χ3n) is 12.7. The highest BCUT2D eigenvalue weighted by Gasteiger charge is 2.35. The molecule has 0 saturated heterocycles. The molecule has 0 aliphatic rings. The predicted octanol–water partition coefficient (Wildman–Crippen LogP) is 15.0. The van der Waals surface area contributed by atoms with Crippen molar-refractivity contribution >= 4 is 7.32 Å². The number of hydrogen-bond acceptors (Lipinski definition) is 3. The van der Waals surface area contributed by atoms with E-state index in [-0.39, 0.29) is 12.0 Å². The predicted molar refractivity (Wildman–Crippen MR) is 258 cm³/mol. The van der Waals surface area contributed by atoms with E-state index in [0.717, 1.165) is 6.42 Å². The van der Waals surface area contributed by atoms with Gasteiger partial charge in [0.1, 0.15) is 0 Å². The Balaban J connectivity index is 0.000000416. The molecule has 3 rings (SSSR count). The third kappa shape index (κ3) is 22.8. The summed E-state index contributed by atoms with van der Waals surface area (Å²) in [5.41, 5.74) is 3.30. The van der Waals surface area contributed by atoms with E-state index in [2.05, 4.69) is 100 Å². The van der Waals surface area contributed by atoms with Crippen LogP contribution in [-0.2, 0) is 10.1 Å². The zero-order valence-electron chi connectivity index (χ0n) is 38.9. The third-order valence-corrected chi connectivity index (χ3v) is 12.7. The minimum atomic E-state index is -1.73. The Hall–Kier alpha value is -2.44. The Morgan fingerprint density at radius 1 is 0.390 bits per heavy atom. The SMILES string of the molecule is CCCCCCCC[N+](CCCCCCCC)(CCCCCCCC)CCCCCCCC.OB(O)OCCCC(c1ccccc1)(c1ccccc1)c1ccccc1. The Bertz CT molecular complexity index is 1160. The van der Waals surface area contributed by atoms with E-state index in [1.165, 1.54) is 201 Å². The molecule has 0 aliphatic carbocycles. The van der Waals surface area contributed by atoms with Gasteiger partial charge in [-0.3, -0.25) is 0 Å². The summed E-state index contributed by atoms with van der Waals surface area (Å²) >= 11 is 0. The van der Waals surface area contributed by atoms with Crippen LogP contribution in [0.4, 0.5) is 0 Å². The fraction of sp³-hybridized carbons (Fsp3) is 0.667. The van der Waals surface area contributed by atoms with Gasteiger partial charge in [-0.2, -0.15) is 0 Å². The molecule has 59 heavy (non-hydrogen) atoms. The zero-order valence-corrected chi connectivity index (χ0v) is 38.9. The molecule has 0 spiro atoms. The van der Waals surface area contributed by atoms with Crippen molar-refractivity contribution in [1.82, 2.24) is 0 Å². The first-order valence-corrected chi connectivity index (χ1v) is 25.0. The molecule has 0 aliphatic heterocycles. The molecule has 332 valence electrons. The molecule has 5 heteroatoms. The Kier molecular flexibility index (Phi) is 31.4. The van der Waals surface area contributed by atoms with Crippen LogP contribution in [0.3, 0.4) is 0 Å². The van der Waals surface area contributed by atoms with Crippen LogP contribution in [0.25, 0.3) is 0 Å². The summed E-state index contributed by atoms with van der Waals surface area (Å²) in [7, 11) is -1.73. The molecule has 2 N–H and O–H groups in total. The van der Waals surface area contributed by atoms with Crippen molar-refractivity contribution < 1.29 is 19.2 Å². The standard InChI is InChI=1S/C32H68N.C22H23BO3/c1-5-9-13-17-21-25-29-33(30-26-22-18-14-10-6-2,31-27-23-19-15-11-7-3)32-28-24-20-16-12-8-4;24-23(25)26-18-10-17-22(19-11-4-1-5-12-19,20-13-6-2-7-14-20)21-15-8-3-9-16-21/h5-32H2,1-4H3;1-9,11-16,24-25H,10,17-18H2/q+1;. The van der Waals surface area contributed by atoms with Crippen LogP contribution in [0.5, 0.6) is 0 Å². The molecular formula is C54H91BNO3+. The van der Waals surface area contributed by atoms with Crippen LogP contribution < -0.4 is 0 Å². The smallest absolute Gasteiger partial charge is 0.402 e. The first-order chi connectivity index (χ1) is 29.0. The van der Waals surface area contributed by atoms with Crippen LogP contribution in [-0.4, -0.2) is 54.6 Å². The maximum atomic E-state index is 8.97. The lowest BCUT2D eigenvalue weighted by molar-refractivity contribution is -0.929. The fourth-order valence-corrected chi connectivity index (χ4v) is 9.21. The highest BCUT2D eigenvalue weighted by molar-refractivity contribution is 6.32. The zero-order chi connectivity index (χ0) is 42.5. The summed E-state index contributed by atoms with van der Waals surface area (Å²) < 4.78 is 6.43. The second kappa shape index (κ2) is 35.2. The maximum Gasteiger partial charge on any atom is 0.633 e. The highest BCUT2D eigenvalue weighted by atomic mass is 16.6. The molecule has 3 aromatic carbocycles. The van der Waals surface area contributed by atoms with E-state index in [1.54, 1.807) is 0 Å². The normalized spacial score (nSPS) is 11.7. The number of rotatable bonds is 36. The number of hydrogen-bond donors (Lipinski definition) is 2. The summed E-state index contributed by atoms with van der Waals surface area (Å²) in [6.45, 7) is 15.5. The van der Waals surface area contributed by atoms with Crippen molar-refractivity contribution in [2.75, 3.05) is 32.8 Å². The lowest BCUT2D eigenvalue weighted by atomic mass is 9.67. The molecule has 0 aromatic heterocycles. The van der Waals surface area contributed by atoms with Gasteiger partial charge in [0.05, 0.1) is 26.2 Å². The van der Waals surface area contributed by atoms with Crippen LogP contribution in [0.1, 0.15) is 211 Å². The lowest BCUT2D eigenvalue weighted by Gasteiger charge is -2.40. The van der Waals surface area contributed by atoms with Gasteiger partial charge in [0, 0.05) is 12.0 Å². The van der Waals surface area contributed by atoms with Gasteiger partial charge in [-0.1, -0.05) is 221 Å². The molecule has 3 aromatic rings. The first-order valence-electron chi connectivity index (χ1n) is 25.0. The fourth-order valence-electron chi connectivity index (χ4n) is 9.21. The van der Waals surface area contributed by atoms with Crippen molar-refractivity contribution in [3.63, 3.8) is 0 Å². The molecule has 0 radical (unpaired) electrons. The largest absolute Gasteiger partial charge is 0.633 e. The summed E-state index contributed by atoms with van der Waals surface area (Å²) in [5, 5.41) is 17.9. The van der Waals surface area contributed by atoms with Crippen LogP contribution in [0, 0.1) is 0 Å². The summed E-state index contributed by atoms with van der Waals surface area (Å²) in [6.07, 6.45) is 36.2. The second-order valence-electron chi connectivity index (χ2n) is 17.6. The molecule has 0 atom stereocenters. The number of unbranched alkanes of at least 4 members (excludes halogenated alkanes) is 20. The van der Waals surface area contributed by atoms with Crippen molar-refractivity contribution in [1.29, 1.82) is 0 Å². The van der Waals surface area contributed by atoms with E-state index >= 15 is 0 Å². The van der Waals surface area contributed by atoms with Crippen molar-refractivity contribution in [2.24, 2.45) is 0 Å². The van der Waals surface area contributed by atoms with Gasteiger partial charge < -0.3 is 19.2 Å². The van der Waals surface area contributed by atoms with Crippen molar-refractivity contribution in [3.8, 4) is 0 Å². The molecule has 0 heterocycles. The summed E-state index contributed by atoms with van der Waals surface area (Å²) in [4.78, 5) is 0. The van der Waals surface area contributed by atoms with Crippen LogP contribution in [0.15, 0.2) is 91.0 Å². The molecule has 0 amide bonds. The molecular weight excluding hydrogens is 721 g/mol. The van der Waals surface area contributed by atoms with Crippen LogP contribution in [0.2, 0.25) is 0 Å². The minimum absolute atomic E-state index is 0.284.